The van der Waals surface area contributed by atoms with E-state index in [4.69, 9.17) is 4.74 Å². The highest BCUT2D eigenvalue weighted by Crippen LogP contribution is 2.22. The monoisotopic (exact) mass is 427 g/mol. The summed E-state index contributed by atoms with van der Waals surface area (Å²) in [6, 6.07) is 20.6. The van der Waals surface area contributed by atoms with E-state index >= 15 is 0 Å². The number of amides is 1. The highest BCUT2D eigenvalue weighted by molar-refractivity contribution is 7.03. The van der Waals surface area contributed by atoms with Gasteiger partial charge in [-0.3, -0.25) is 4.79 Å². The lowest BCUT2D eigenvalue weighted by molar-refractivity contribution is -0.136. The molecule has 162 valence electrons. The Morgan fingerprint density at radius 1 is 1.00 bits per heavy atom. The zero-order chi connectivity index (χ0) is 22.2. The highest BCUT2D eigenvalue weighted by atomic mass is 28.3. The van der Waals surface area contributed by atoms with Gasteiger partial charge in [0.25, 0.3) is 0 Å². The van der Waals surface area contributed by atoms with Gasteiger partial charge in [0.05, 0.1) is 0 Å². The van der Waals surface area contributed by atoms with Crippen LogP contribution in [0.15, 0.2) is 60.7 Å². The summed E-state index contributed by atoms with van der Waals surface area (Å²) in [5, 5.41) is 14.9. The average Bonchev–Trinajstić information content (AvgIpc) is 2.68. The third-order valence-electron chi connectivity index (χ3n) is 5.17. The largest absolute Gasteiger partial charge is 0.481 e. The highest BCUT2D eigenvalue weighted by Gasteiger charge is 2.45. The number of carbonyl (C=O) groups is 2. The summed E-state index contributed by atoms with van der Waals surface area (Å²) >= 11 is 0. The molecular weight excluding hydrogens is 394 g/mol. The van der Waals surface area contributed by atoms with E-state index < -0.39 is 25.7 Å². The van der Waals surface area contributed by atoms with Crippen LogP contribution in [-0.4, -0.2) is 36.5 Å². The number of hydrogen-bond acceptors (Lipinski definition) is 3. The first-order chi connectivity index (χ1) is 14.2. The molecule has 2 N–H and O–H groups in total. The van der Waals surface area contributed by atoms with Gasteiger partial charge in [-0.15, -0.1) is 0 Å². The number of ether oxygens (including phenoxy) is 1. The zero-order valence-electron chi connectivity index (χ0n) is 18.4. The van der Waals surface area contributed by atoms with Crippen molar-refractivity contribution in [2.24, 2.45) is 0 Å². The third-order valence-corrected chi connectivity index (χ3v) is 10.6. The van der Waals surface area contributed by atoms with Gasteiger partial charge in [0.1, 0.15) is 13.7 Å². The van der Waals surface area contributed by atoms with Gasteiger partial charge in [0.2, 0.25) is 0 Å². The van der Waals surface area contributed by atoms with Gasteiger partial charge < -0.3 is 15.2 Å². The number of carboxylic acid groups (broad SMARTS) is 1. The van der Waals surface area contributed by atoms with E-state index in [0.717, 1.165) is 23.2 Å². The number of carbonyl (C=O) groups excluding carboxylic acids is 1. The summed E-state index contributed by atoms with van der Waals surface area (Å²) in [6.07, 6.45) is 1.20. The van der Waals surface area contributed by atoms with Crippen LogP contribution in [0, 0.1) is 0 Å². The van der Waals surface area contributed by atoms with Gasteiger partial charge in [-0.25, -0.2) is 4.79 Å². The summed E-state index contributed by atoms with van der Waals surface area (Å²) in [7, 11) is -2.69. The normalized spacial score (nSPS) is 12.8. The molecule has 0 aliphatic heterocycles. The van der Waals surface area contributed by atoms with E-state index in [2.05, 4.69) is 36.5 Å². The predicted octanol–water partition coefficient (Wildman–Crippen LogP) is 3.96. The van der Waals surface area contributed by atoms with Crippen LogP contribution in [0.5, 0.6) is 0 Å². The van der Waals surface area contributed by atoms with Gasteiger partial charge in [0, 0.05) is 12.1 Å². The van der Waals surface area contributed by atoms with Crippen LogP contribution in [0.3, 0.4) is 0 Å². The van der Waals surface area contributed by atoms with Gasteiger partial charge in [-0.1, -0.05) is 84.4 Å². The predicted molar refractivity (Wildman–Crippen MR) is 123 cm³/mol. The Morgan fingerprint density at radius 3 is 1.90 bits per heavy atom. The van der Waals surface area contributed by atoms with Crippen LogP contribution >= 0.6 is 0 Å². The second-order valence-corrected chi connectivity index (χ2v) is 12.9. The Labute approximate surface area is 180 Å². The SMILES string of the molecule is CCC[C@H](NC(=O)OC(C)(C)C)[Si](CCC(=O)O)(c1ccccc1)c1ccccc1. The molecule has 0 saturated heterocycles. The minimum atomic E-state index is -2.69. The summed E-state index contributed by atoms with van der Waals surface area (Å²) < 4.78 is 5.56. The molecule has 2 rings (SSSR count). The number of hydrogen-bond donors (Lipinski definition) is 2. The van der Waals surface area contributed by atoms with E-state index in [0.29, 0.717) is 6.04 Å². The molecule has 0 heterocycles. The van der Waals surface area contributed by atoms with E-state index in [1.165, 1.54) is 0 Å². The van der Waals surface area contributed by atoms with Crippen LogP contribution in [-0.2, 0) is 9.53 Å². The molecule has 6 heteroatoms. The van der Waals surface area contributed by atoms with Crippen molar-refractivity contribution < 1.29 is 19.4 Å². The third kappa shape index (κ3) is 6.20. The van der Waals surface area contributed by atoms with Crippen molar-refractivity contribution in [2.75, 3.05) is 0 Å². The maximum atomic E-state index is 12.8. The maximum absolute atomic E-state index is 12.8. The molecule has 0 fully saturated rings. The Bertz CT molecular complexity index is 779. The molecule has 0 unspecified atom stereocenters. The minimum Gasteiger partial charge on any atom is -0.481 e. The Kier molecular flexibility index (Phi) is 8.23. The zero-order valence-corrected chi connectivity index (χ0v) is 19.4. The topological polar surface area (TPSA) is 75.6 Å². The van der Waals surface area contributed by atoms with Crippen molar-refractivity contribution >= 4 is 30.5 Å². The van der Waals surface area contributed by atoms with Gasteiger partial charge in [-0.2, -0.15) is 0 Å². The van der Waals surface area contributed by atoms with Gasteiger partial charge in [0.15, 0.2) is 0 Å². The molecule has 0 radical (unpaired) electrons. The minimum absolute atomic E-state index is 0.0478. The first-order valence-corrected chi connectivity index (χ1v) is 12.8. The summed E-state index contributed by atoms with van der Waals surface area (Å²) in [5.74, 6) is -0.828. The van der Waals surface area contributed by atoms with Gasteiger partial charge >= 0.3 is 12.1 Å². The first-order valence-electron chi connectivity index (χ1n) is 10.5. The van der Waals surface area contributed by atoms with Crippen molar-refractivity contribution in [1.29, 1.82) is 0 Å². The fraction of sp³-hybridized carbons (Fsp3) is 0.417. The molecule has 5 nitrogen and oxygen atoms in total. The number of aliphatic carboxylic acids is 1. The molecule has 0 aromatic heterocycles. The molecule has 2 aromatic carbocycles. The Morgan fingerprint density at radius 2 is 1.50 bits per heavy atom. The lowest BCUT2D eigenvalue weighted by Gasteiger charge is -2.40. The van der Waals surface area contributed by atoms with Crippen LogP contribution < -0.4 is 15.7 Å². The summed E-state index contributed by atoms with van der Waals surface area (Å²) in [4.78, 5) is 24.4. The number of nitrogens with one attached hydrogen (secondary N) is 1. The second kappa shape index (κ2) is 10.4. The standard InChI is InChI=1S/C24H33NO4Si/c1-5-12-21(25-23(28)29-24(2,3)4)30(18-17-22(26)27,19-13-8-6-9-14-19)20-15-10-7-11-16-20/h6-11,13-16,21H,5,12,17-18H2,1-4H3,(H,25,28)(H,26,27)/t21-/m1/s1. The van der Waals surface area contributed by atoms with Crippen LogP contribution in [0.1, 0.15) is 47.0 Å². The first kappa shape index (κ1) is 23.7. The van der Waals surface area contributed by atoms with Crippen LogP contribution in [0.4, 0.5) is 4.79 Å². The van der Waals surface area contributed by atoms with Crippen LogP contribution in [0.2, 0.25) is 6.04 Å². The van der Waals surface area contributed by atoms with E-state index in [1.807, 2.05) is 57.2 Å². The second-order valence-electron chi connectivity index (χ2n) is 8.58. The van der Waals surface area contributed by atoms with E-state index in [1.54, 1.807) is 0 Å². The lowest BCUT2D eigenvalue weighted by atomic mass is 10.2. The molecular formula is C24H33NO4Si. The maximum Gasteiger partial charge on any atom is 0.407 e. The number of benzene rings is 2. The summed E-state index contributed by atoms with van der Waals surface area (Å²) in [6.45, 7) is 7.59. The quantitative estimate of drug-likeness (QED) is 0.594. The number of carboxylic acids is 1. The molecule has 0 saturated carbocycles. The van der Waals surface area contributed by atoms with Crippen LogP contribution in [0.25, 0.3) is 0 Å². The van der Waals surface area contributed by atoms with Gasteiger partial charge in [-0.05, 0) is 33.2 Å². The van der Waals surface area contributed by atoms with Crippen molar-refractivity contribution in [1.82, 2.24) is 5.32 Å². The Balaban J connectivity index is 2.62. The molecule has 0 aliphatic carbocycles. The number of alkyl carbamates (subject to hydrolysis) is 1. The van der Waals surface area contributed by atoms with Crippen molar-refractivity contribution in [3.8, 4) is 0 Å². The molecule has 30 heavy (non-hydrogen) atoms. The van der Waals surface area contributed by atoms with E-state index in [9.17, 15) is 14.7 Å². The van der Waals surface area contributed by atoms with Crippen molar-refractivity contribution in [2.45, 2.75) is 64.3 Å². The molecule has 1 amide bonds. The molecule has 0 bridgehead atoms. The van der Waals surface area contributed by atoms with Crippen molar-refractivity contribution in [3.05, 3.63) is 60.7 Å². The molecule has 0 aliphatic rings. The molecule has 2 aromatic rings. The van der Waals surface area contributed by atoms with E-state index in [-0.39, 0.29) is 12.1 Å². The molecule has 1 atom stereocenters. The smallest absolute Gasteiger partial charge is 0.407 e. The Hall–Kier alpha value is -2.60. The molecule has 0 spiro atoms. The summed E-state index contributed by atoms with van der Waals surface area (Å²) in [5.41, 5.74) is -0.799. The van der Waals surface area contributed by atoms with Crippen molar-refractivity contribution in [3.63, 3.8) is 0 Å². The average molecular weight is 428 g/mol. The number of rotatable bonds is 9. The fourth-order valence-electron chi connectivity index (χ4n) is 3.99. The fourth-order valence-corrected chi connectivity index (χ4v) is 9.38. The lowest BCUT2D eigenvalue weighted by Crippen LogP contribution is -2.71.